The Balaban J connectivity index is 1.73. The lowest BCUT2D eigenvalue weighted by atomic mass is 9.81. The van der Waals surface area contributed by atoms with Gasteiger partial charge in [-0.15, -0.1) is 0 Å². The first kappa shape index (κ1) is 10.3. The molecule has 1 heterocycles. The van der Waals surface area contributed by atoms with Crippen LogP contribution in [0.5, 0.6) is 0 Å². The summed E-state index contributed by atoms with van der Waals surface area (Å²) in [6.45, 7) is 4.24. The Hall–Kier alpha value is -0.220. The molecule has 1 aliphatic carbocycles. The third kappa shape index (κ3) is 2.06. The van der Waals surface area contributed by atoms with Gasteiger partial charge in [-0.05, 0) is 11.8 Å². The second-order valence-corrected chi connectivity index (χ2v) is 4.89. The molecule has 0 radical (unpaired) electrons. The van der Waals surface area contributed by atoms with E-state index in [1.54, 1.807) is 0 Å². The Morgan fingerprint density at radius 2 is 2.00 bits per heavy atom. The van der Waals surface area contributed by atoms with Crippen molar-refractivity contribution in [3.05, 3.63) is 0 Å². The van der Waals surface area contributed by atoms with Gasteiger partial charge in [0.05, 0.1) is 6.10 Å². The summed E-state index contributed by atoms with van der Waals surface area (Å²) in [5, 5.41) is 9.48. The van der Waals surface area contributed by atoms with E-state index >= 15 is 0 Å². The average molecular weight is 205 g/mol. The number of hydrogen-bond donors (Lipinski definition) is 1. The van der Waals surface area contributed by atoms with E-state index in [0.717, 1.165) is 13.1 Å². The normalized spacial score (nSPS) is 38.6. The van der Waals surface area contributed by atoms with Gasteiger partial charge in [0.25, 0.3) is 0 Å². The molecule has 2 unspecified atom stereocenters. The number of β-amino-alcohol motifs (C(OH)–C–C–N with tert-alkyl or cyclic N) is 1. The Labute approximate surface area is 82.9 Å². The first-order valence-corrected chi connectivity index (χ1v) is 5.24. The van der Waals surface area contributed by atoms with Crippen LogP contribution in [-0.4, -0.2) is 41.7 Å². The van der Waals surface area contributed by atoms with Gasteiger partial charge in [-0.25, -0.2) is 8.78 Å². The van der Waals surface area contributed by atoms with Crippen LogP contribution in [0.2, 0.25) is 0 Å². The summed E-state index contributed by atoms with van der Waals surface area (Å²) >= 11 is 0. The zero-order chi connectivity index (χ0) is 10.3. The molecule has 1 N–H and O–H groups in total. The summed E-state index contributed by atoms with van der Waals surface area (Å²) < 4.78 is 25.1. The standard InChI is InChI=1S/C10H17F2NO/c1-7-4-13(6-9(7)14)5-8-2-10(11,12)3-8/h7-9,14H,2-6H2,1H3. The summed E-state index contributed by atoms with van der Waals surface area (Å²) in [5.41, 5.74) is 0. The maximum atomic E-state index is 12.5. The van der Waals surface area contributed by atoms with Crippen molar-refractivity contribution in [2.45, 2.75) is 31.8 Å². The minimum absolute atomic E-state index is 0.0357. The highest BCUT2D eigenvalue weighted by molar-refractivity contribution is 4.90. The van der Waals surface area contributed by atoms with Crippen molar-refractivity contribution in [2.75, 3.05) is 19.6 Å². The van der Waals surface area contributed by atoms with E-state index in [1.807, 2.05) is 6.92 Å². The SMILES string of the molecule is CC1CN(CC2CC(F)(F)C2)CC1O. The molecular weight excluding hydrogens is 188 g/mol. The van der Waals surface area contributed by atoms with E-state index in [-0.39, 0.29) is 30.8 Å². The molecule has 82 valence electrons. The van der Waals surface area contributed by atoms with E-state index in [2.05, 4.69) is 4.90 Å². The maximum absolute atomic E-state index is 12.5. The lowest BCUT2D eigenvalue weighted by molar-refractivity contribution is -0.115. The lowest BCUT2D eigenvalue weighted by Gasteiger charge is -2.37. The number of likely N-dealkylation sites (tertiary alicyclic amines) is 1. The molecule has 2 fully saturated rings. The number of alkyl halides is 2. The van der Waals surface area contributed by atoms with Crippen molar-refractivity contribution in [1.29, 1.82) is 0 Å². The zero-order valence-corrected chi connectivity index (χ0v) is 8.42. The quantitative estimate of drug-likeness (QED) is 0.735. The van der Waals surface area contributed by atoms with Crippen LogP contribution in [-0.2, 0) is 0 Å². The minimum Gasteiger partial charge on any atom is -0.391 e. The zero-order valence-electron chi connectivity index (χ0n) is 8.42. The molecule has 4 heteroatoms. The Bertz CT molecular complexity index is 204. The van der Waals surface area contributed by atoms with Crippen LogP contribution in [0, 0.1) is 11.8 Å². The molecular formula is C10H17F2NO. The Morgan fingerprint density at radius 3 is 2.43 bits per heavy atom. The molecule has 0 bridgehead atoms. The summed E-state index contributed by atoms with van der Waals surface area (Å²) in [5.74, 6) is -1.98. The van der Waals surface area contributed by atoms with Crippen molar-refractivity contribution in [1.82, 2.24) is 4.90 Å². The van der Waals surface area contributed by atoms with Gasteiger partial charge in [-0.3, -0.25) is 0 Å². The van der Waals surface area contributed by atoms with E-state index < -0.39 is 5.92 Å². The van der Waals surface area contributed by atoms with E-state index in [4.69, 9.17) is 0 Å². The molecule has 2 atom stereocenters. The summed E-state index contributed by atoms with van der Waals surface area (Å²) in [6.07, 6.45) is -0.197. The number of halogens is 2. The molecule has 2 nitrogen and oxygen atoms in total. The molecule has 1 saturated heterocycles. The van der Waals surface area contributed by atoms with Crippen LogP contribution < -0.4 is 0 Å². The number of rotatable bonds is 2. The number of nitrogens with zero attached hydrogens (tertiary/aromatic N) is 1. The Morgan fingerprint density at radius 1 is 1.36 bits per heavy atom. The monoisotopic (exact) mass is 205 g/mol. The van der Waals surface area contributed by atoms with Crippen molar-refractivity contribution >= 4 is 0 Å². The van der Waals surface area contributed by atoms with E-state index in [9.17, 15) is 13.9 Å². The van der Waals surface area contributed by atoms with E-state index in [1.165, 1.54) is 0 Å². The molecule has 0 amide bonds. The lowest BCUT2D eigenvalue weighted by Crippen LogP contribution is -2.42. The smallest absolute Gasteiger partial charge is 0.248 e. The van der Waals surface area contributed by atoms with Crippen LogP contribution >= 0.6 is 0 Å². The van der Waals surface area contributed by atoms with Crippen molar-refractivity contribution in [2.24, 2.45) is 11.8 Å². The second kappa shape index (κ2) is 3.42. The minimum atomic E-state index is -2.41. The third-order valence-electron chi connectivity index (χ3n) is 3.34. The van der Waals surface area contributed by atoms with Crippen LogP contribution in [0.3, 0.4) is 0 Å². The van der Waals surface area contributed by atoms with Crippen LogP contribution in [0.4, 0.5) is 8.78 Å². The van der Waals surface area contributed by atoms with Gasteiger partial charge in [0, 0.05) is 32.5 Å². The number of hydrogen-bond acceptors (Lipinski definition) is 2. The molecule has 0 aromatic heterocycles. The fraction of sp³-hybridized carbons (Fsp3) is 1.00. The molecule has 2 aliphatic rings. The molecule has 1 saturated carbocycles. The van der Waals surface area contributed by atoms with Gasteiger partial charge >= 0.3 is 0 Å². The van der Waals surface area contributed by atoms with Crippen molar-refractivity contribution in [3.63, 3.8) is 0 Å². The van der Waals surface area contributed by atoms with Gasteiger partial charge in [-0.1, -0.05) is 6.92 Å². The largest absolute Gasteiger partial charge is 0.391 e. The summed E-state index contributed by atoms with van der Waals surface area (Å²) in [6, 6.07) is 0. The van der Waals surface area contributed by atoms with Gasteiger partial charge in [0.15, 0.2) is 0 Å². The summed E-state index contributed by atoms with van der Waals surface area (Å²) in [7, 11) is 0. The number of aliphatic hydroxyl groups excluding tert-OH is 1. The van der Waals surface area contributed by atoms with Crippen LogP contribution in [0.15, 0.2) is 0 Å². The van der Waals surface area contributed by atoms with Crippen molar-refractivity contribution < 1.29 is 13.9 Å². The molecule has 2 rings (SSSR count). The average Bonchev–Trinajstić information content (AvgIpc) is 2.27. The van der Waals surface area contributed by atoms with Gasteiger partial charge in [0.2, 0.25) is 5.92 Å². The first-order chi connectivity index (χ1) is 6.46. The molecule has 1 aliphatic heterocycles. The highest BCUT2D eigenvalue weighted by atomic mass is 19.3. The molecule has 14 heavy (non-hydrogen) atoms. The highest BCUT2D eigenvalue weighted by Crippen LogP contribution is 2.42. The molecule has 0 aromatic carbocycles. The van der Waals surface area contributed by atoms with Gasteiger partial charge < -0.3 is 10.0 Å². The molecule has 0 aromatic rings. The predicted octanol–water partition coefficient (Wildman–Crippen LogP) is 1.34. The van der Waals surface area contributed by atoms with Crippen molar-refractivity contribution in [3.8, 4) is 0 Å². The Kier molecular flexibility index (Phi) is 2.52. The summed E-state index contributed by atoms with van der Waals surface area (Å²) in [4.78, 5) is 2.11. The topological polar surface area (TPSA) is 23.5 Å². The second-order valence-electron chi connectivity index (χ2n) is 4.89. The molecule has 0 spiro atoms. The fourth-order valence-electron chi connectivity index (χ4n) is 2.48. The third-order valence-corrected chi connectivity index (χ3v) is 3.34. The van der Waals surface area contributed by atoms with Crippen LogP contribution in [0.1, 0.15) is 19.8 Å². The fourth-order valence-corrected chi connectivity index (χ4v) is 2.48. The van der Waals surface area contributed by atoms with E-state index in [0.29, 0.717) is 6.54 Å². The van der Waals surface area contributed by atoms with Gasteiger partial charge in [0.1, 0.15) is 0 Å². The van der Waals surface area contributed by atoms with Gasteiger partial charge in [-0.2, -0.15) is 0 Å². The highest BCUT2D eigenvalue weighted by Gasteiger charge is 2.46. The van der Waals surface area contributed by atoms with Crippen LogP contribution in [0.25, 0.3) is 0 Å². The first-order valence-electron chi connectivity index (χ1n) is 5.24. The maximum Gasteiger partial charge on any atom is 0.248 e. The number of aliphatic hydroxyl groups is 1. The predicted molar refractivity (Wildman–Crippen MR) is 49.3 cm³/mol.